The third kappa shape index (κ3) is 3.16. The molecule has 0 unspecified atom stereocenters. The Hall–Kier alpha value is -2.18. The Balaban J connectivity index is 1.98. The van der Waals surface area contributed by atoms with Crippen LogP contribution in [0.25, 0.3) is 0 Å². The standard InChI is InChI=1S/C11H14N4O3/c1-15(6-10(16)13-7-2-3-7)9-5-12-4-8(14-9)11(17)18/h4-5,7H,2-3,6H2,1H3,(H,13,16)(H,17,18). The Labute approximate surface area is 104 Å². The lowest BCUT2D eigenvalue weighted by molar-refractivity contribution is -0.119. The Morgan fingerprint density at radius 3 is 2.83 bits per heavy atom. The van der Waals surface area contributed by atoms with E-state index < -0.39 is 5.97 Å². The topological polar surface area (TPSA) is 95.4 Å². The van der Waals surface area contributed by atoms with Crippen LogP contribution < -0.4 is 10.2 Å². The smallest absolute Gasteiger partial charge is 0.356 e. The molecule has 1 heterocycles. The van der Waals surface area contributed by atoms with Crippen LogP contribution in [0.5, 0.6) is 0 Å². The van der Waals surface area contributed by atoms with Gasteiger partial charge in [-0.05, 0) is 12.8 Å². The number of amides is 1. The summed E-state index contributed by atoms with van der Waals surface area (Å²) in [5.41, 5.74) is -0.137. The molecule has 0 bridgehead atoms. The van der Waals surface area contributed by atoms with Gasteiger partial charge in [0, 0.05) is 13.1 Å². The number of carboxylic acid groups (broad SMARTS) is 1. The van der Waals surface area contributed by atoms with Crippen molar-refractivity contribution in [1.29, 1.82) is 0 Å². The molecule has 1 fully saturated rings. The van der Waals surface area contributed by atoms with E-state index in [0.29, 0.717) is 11.9 Å². The van der Waals surface area contributed by atoms with Crippen LogP contribution in [-0.4, -0.2) is 46.6 Å². The van der Waals surface area contributed by atoms with Gasteiger partial charge < -0.3 is 15.3 Å². The van der Waals surface area contributed by atoms with Gasteiger partial charge in [-0.3, -0.25) is 9.78 Å². The summed E-state index contributed by atoms with van der Waals surface area (Å²) < 4.78 is 0. The first-order chi connectivity index (χ1) is 8.56. The predicted molar refractivity (Wildman–Crippen MR) is 63.4 cm³/mol. The molecule has 7 heteroatoms. The van der Waals surface area contributed by atoms with E-state index in [4.69, 9.17) is 5.11 Å². The molecule has 0 atom stereocenters. The van der Waals surface area contributed by atoms with E-state index in [9.17, 15) is 9.59 Å². The van der Waals surface area contributed by atoms with Crippen molar-refractivity contribution in [3.8, 4) is 0 Å². The molecule has 0 saturated heterocycles. The molecule has 1 aromatic rings. The van der Waals surface area contributed by atoms with E-state index in [1.807, 2.05) is 0 Å². The van der Waals surface area contributed by atoms with Crippen LogP contribution in [0.2, 0.25) is 0 Å². The van der Waals surface area contributed by atoms with E-state index in [-0.39, 0.29) is 18.1 Å². The fourth-order valence-corrected chi connectivity index (χ4v) is 1.44. The summed E-state index contributed by atoms with van der Waals surface area (Å²) in [4.78, 5) is 31.6. The molecule has 96 valence electrons. The van der Waals surface area contributed by atoms with Crippen molar-refractivity contribution in [3.63, 3.8) is 0 Å². The third-order valence-corrected chi connectivity index (χ3v) is 2.56. The van der Waals surface area contributed by atoms with Crippen molar-refractivity contribution in [2.24, 2.45) is 0 Å². The lowest BCUT2D eigenvalue weighted by Crippen LogP contribution is -2.36. The fourth-order valence-electron chi connectivity index (χ4n) is 1.44. The average molecular weight is 250 g/mol. The van der Waals surface area contributed by atoms with E-state index in [0.717, 1.165) is 12.8 Å². The summed E-state index contributed by atoms with van der Waals surface area (Å²) in [6, 6.07) is 0.308. The predicted octanol–water partition coefficient (Wildman–Crippen LogP) is -0.110. The number of aromatic carboxylic acids is 1. The van der Waals surface area contributed by atoms with Crippen molar-refractivity contribution in [1.82, 2.24) is 15.3 Å². The van der Waals surface area contributed by atoms with Crippen molar-refractivity contribution in [2.75, 3.05) is 18.5 Å². The average Bonchev–Trinajstić information content (AvgIpc) is 3.12. The molecular formula is C11H14N4O3. The Kier molecular flexibility index (Phi) is 3.40. The maximum absolute atomic E-state index is 11.6. The normalized spacial score (nSPS) is 14.1. The number of hydrogen-bond donors (Lipinski definition) is 2. The molecule has 0 aliphatic heterocycles. The second kappa shape index (κ2) is 4.99. The van der Waals surface area contributed by atoms with E-state index in [1.165, 1.54) is 12.4 Å². The van der Waals surface area contributed by atoms with Gasteiger partial charge >= 0.3 is 5.97 Å². The van der Waals surface area contributed by atoms with Gasteiger partial charge in [0.05, 0.1) is 18.9 Å². The third-order valence-electron chi connectivity index (χ3n) is 2.56. The van der Waals surface area contributed by atoms with Gasteiger partial charge in [-0.1, -0.05) is 0 Å². The summed E-state index contributed by atoms with van der Waals surface area (Å²) in [6.45, 7) is 0.133. The monoisotopic (exact) mass is 250 g/mol. The molecule has 1 aromatic heterocycles. The number of nitrogens with zero attached hydrogens (tertiary/aromatic N) is 3. The number of carbonyl (C=O) groups excluding carboxylic acids is 1. The maximum atomic E-state index is 11.6. The summed E-state index contributed by atoms with van der Waals surface area (Å²) in [6.07, 6.45) is 4.66. The van der Waals surface area contributed by atoms with E-state index >= 15 is 0 Å². The molecule has 18 heavy (non-hydrogen) atoms. The highest BCUT2D eigenvalue weighted by Gasteiger charge is 2.23. The van der Waals surface area contributed by atoms with Crippen LogP contribution in [0.4, 0.5) is 5.82 Å². The summed E-state index contributed by atoms with van der Waals surface area (Å²) in [5.74, 6) is -0.872. The second-order valence-electron chi connectivity index (χ2n) is 4.27. The molecule has 0 radical (unpaired) electrons. The number of aromatic nitrogens is 2. The number of anilines is 1. The molecule has 1 aliphatic rings. The summed E-state index contributed by atoms with van der Waals surface area (Å²) >= 11 is 0. The number of rotatable bonds is 5. The van der Waals surface area contributed by atoms with Gasteiger partial charge in [-0.15, -0.1) is 0 Å². The Morgan fingerprint density at radius 1 is 1.50 bits per heavy atom. The molecule has 0 aromatic carbocycles. The zero-order valence-electron chi connectivity index (χ0n) is 9.96. The van der Waals surface area contributed by atoms with Crippen LogP contribution >= 0.6 is 0 Å². The van der Waals surface area contributed by atoms with Crippen LogP contribution in [0, 0.1) is 0 Å². The molecule has 7 nitrogen and oxygen atoms in total. The van der Waals surface area contributed by atoms with Crippen molar-refractivity contribution >= 4 is 17.7 Å². The van der Waals surface area contributed by atoms with Crippen molar-refractivity contribution < 1.29 is 14.7 Å². The maximum Gasteiger partial charge on any atom is 0.356 e. The zero-order chi connectivity index (χ0) is 13.1. The quantitative estimate of drug-likeness (QED) is 0.757. The number of hydrogen-bond acceptors (Lipinski definition) is 5. The van der Waals surface area contributed by atoms with E-state index in [2.05, 4.69) is 15.3 Å². The number of likely N-dealkylation sites (N-methyl/N-ethyl adjacent to an activating group) is 1. The number of carbonyl (C=O) groups is 2. The SMILES string of the molecule is CN(CC(=O)NC1CC1)c1cncc(C(=O)O)n1. The van der Waals surface area contributed by atoms with Gasteiger partial charge in [-0.25, -0.2) is 9.78 Å². The van der Waals surface area contributed by atoms with Crippen LogP contribution in [0.1, 0.15) is 23.3 Å². The van der Waals surface area contributed by atoms with Gasteiger partial charge in [0.1, 0.15) is 5.82 Å². The van der Waals surface area contributed by atoms with E-state index in [1.54, 1.807) is 11.9 Å². The highest BCUT2D eigenvalue weighted by molar-refractivity contribution is 5.85. The molecular weight excluding hydrogens is 236 g/mol. The molecule has 2 rings (SSSR count). The van der Waals surface area contributed by atoms with Gasteiger partial charge in [-0.2, -0.15) is 0 Å². The minimum atomic E-state index is -1.14. The van der Waals surface area contributed by atoms with Crippen LogP contribution in [0.3, 0.4) is 0 Å². The highest BCUT2D eigenvalue weighted by atomic mass is 16.4. The lowest BCUT2D eigenvalue weighted by atomic mass is 10.4. The number of carboxylic acids is 1. The summed E-state index contributed by atoms with van der Waals surface area (Å²) in [7, 11) is 1.67. The second-order valence-corrected chi connectivity index (χ2v) is 4.27. The Morgan fingerprint density at radius 2 is 2.22 bits per heavy atom. The lowest BCUT2D eigenvalue weighted by Gasteiger charge is -2.17. The van der Waals surface area contributed by atoms with Gasteiger partial charge in [0.2, 0.25) is 5.91 Å². The molecule has 1 amide bonds. The van der Waals surface area contributed by atoms with Crippen LogP contribution in [-0.2, 0) is 4.79 Å². The first kappa shape index (κ1) is 12.3. The van der Waals surface area contributed by atoms with Crippen molar-refractivity contribution in [2.45, 2.75) is 18.9 Å². The van der Waals surface area contributed by atoms with Gasteiger partial charge in [0.15, 0.2) is 5.69 Å². The van der Waals surface area contributed by atoms with Crippen LogP contribution in [0.15, 0.2) is 12.4 Å². The summed E-state index contributed by atoms with van der Waals surface area (Å²) in [5, 5.41) is 11.6. The highest BCUT2D eigenvalue weighted by Crippen LogP contribution is 2.18. The molecule has 2 N–H and O–H groups in total. The minimum Gasteiger partial charge on any atom is -0.476 e. The minimum absolute atomic E-state index is 0.0949. The molecule has 1 saturated carbocycles. The Bertz CT molecular complexity index is 473. The largest absolute Gasteiger partial charge is 0.476 e. The first-order valence-corrected chi connectivity index (χ1v) is 5.62. The number of nitrogens with one attached hydrogen (secondary N) is 1. The van der Waals surface area contributed by atoms with Crippen molar-refractivity contribution in [3.05, 3.63) is 18.1 Å². The first-order valence-electron chi connectivity index (χ1n) is 5.62. The fraction of sp³-hybridized carbons (Fsp3) is 0.455. The molecule has 0 spiro atoms. The zero-order valence-corrected chi connectivity index (χ0v) is 9.96. The molecule has 1 aliphatic carbocycles. The van der Waals surface area contributed by atoms with Gasteiger partial charge in [0.25, 0.3) is 0 Å².